The molecular formula is C26H32BrFN2O4. The van der Waals surface area contributed by atoms with E-state index in [9.17, 15) is 4.79 Å². The first-order valence-corrected chi connectivity index (χ1v) is 11.4. The van der Waals surface area contributed by atoms with Crippen molar-refractivity contribution < 1.29 is 23.4 Å². The van der Waals surface area contributed by atoms with Crippen LogP contribution in [0.2, 0.25) is 0 Å². The summed E-state index contributed by atoms with van der Waals surface area (Å²) < 4.78 is 32.2. The molecule has 2 aromatic carbocycles. The van der Waals surface area contributed by atoms with E-state index in [1.165, 1.54) is 0 Å². The molecule has 184 valence electrons. The molecule has 2 aliphatic heterocycles. The normalized spacial score (nSPS) is 14.3. The summed E-state index contributed by atoms with van der Waals surface area (Å²) in [5.74, 6) is 0.495. The minimum Gasteiger partial charge on any atom is -0.493 e. The second-order valence-electron chi connectivity index (χ2n) is 9.41. The lowest BCUT2D eigenvalue weighted by molar-refractivity contribution is 0.0962. The number of nitrogens with one attached hydrogen (secondary N) is 1. The fourth-order valence-corrected chi connectivity index (χ4v) is 4.45. The van der Waals surface area contributed by atoms with E-state index >= 15 is 4.39 Å². The minimum atomic E-state index is -0.609. The quantitative estimate of drug-likeness (QED) is 0.477. The van der Waals surface area contributed by atoms with Crippen LogP contribution in [0.15, 0.2) is 18.2 Å². The molecule has 0 aliphatic carbocycles. The maximum absolute atomic E-state index is 15.3. The first kappa shape index (κ1) is 26.0. The zero-order valence-electron chi connectivity index (χ0n) is 20.3. The van der Waals surface area contributed by atoms with Crippen molar-refractivity contribution in [2.24, 2.45) is 0 Å². The molecule has 34 heavy (non-hydrogen) atoms. The number of nitrogens with zero attached hydrogens (tertiary/aromatic N) is 1. The van der Waals surface area contributed by atoms with Gasteiger partial charge in [0.25, 0.3) is 0 Å². The summed E-state index contributed by atoms with van der Waals surface area (Å²) in [6, 6.07) is 5.52. The van der Waals surface area contributed by atoms with Crippen molar-refractivity contribution in [3.8, 4) is 17.2 Å². The van der Waals surface area contributed by atoms with Gasteiger partial charge in [-0.2, -0.15) is 0 Å². The standard InChI is InChI=1S/C26H31FN2O4.BrH/c1-6-31-20-12-17-13-29(25(28)21(17)22(27)24(20)32-7-2)14-19(30)16-10-15-8-9-33-23(15)18(11-16)26(3,4)5;/h10-12,28H,6-9,13-14H2,1-5H3;1H. The van der Waals surface area contributed by atoms with Gasteiger partial charge in [-0.25, -0.2) is 4.39 Å². The lowest BCUT2D eigenvalue weighted by atomic mass is 9.83. The van der Waals surface area contributed by atoms with Crippen LogP contribution in [0.5, 0.6) is 17.2 Å². The van der Waals surface area contributed by atoms with Crippen LogP contribution >= 0.6 is 17.0 Å². The van der Waals surface area contributed by atoms with Gasteiger partial charge in [0.2, 0.25) is 0 Å². The number of ether oxygens (including phenoxy) is 3. The summed E-state index contributed by atoms with van der Waals surface area (Å²) >= 11 is 0. The fraction of sp³-hybridized carbons (Fsp3) is 0.462. The number of hydrogen-bond acceptors (Lipinski definition) is 5. The Morgan fingerprint density at radius 1 is 1.15 bits per heavy atom. The molecule has 0 bridgehead atoms. The van der Waals surface area contributed by atoms with Crippen molar-refractivity contribution in [1.82, 2.24) is 4.90 Å². The minimum absolute atomic E-state index is 0. The molecule has 0 amide bonds. The van der Waals surface area contributed by atoms with Gasteiger partial charge in [0, 0.05) is 24.1 Å². The number of halogens is 2. The second kappa shape index (κ2) is 9.94. The van der Waals surface area contributed by atoms with Gasteiger partial charge >= 0.3 is 0 Å². The van der Waals surface area contributed by atoms with E-state index in [-0.39, 0.29) is 65.0 Å². The molecule has 6 nitrogen and oxygen atoms in total. The molecular weight excluding hydrogens is 503 g/mol. The second-order valence-corrected chi connectivity index (χ2v) is 9.41. The fourth-order valence-electron chi connectivity index (χ4n) is 4.45. The maximum atomic E-state index is 15.3. The molecule has 2 aromatic rings. The molecule has 0 aromatic heterocycles. The van der Waals surface area contributed by atoms with Crippen molar-refractivity contribution in [3.63, 3.8) is 0 Å². The van der Waals surface area contributed by atoms with Gasteiger partial charge in [0.15, 0.2) is 23.1 Å². The van der Waals surface area contributed by atoms with Crippen LogP contribution in [-0.4, -0.2) is 42.9 Å². The molecule has 0 atom stereocenters. The Bertz CT molecular complexity index is 1130. The lowest BCUT2D eigenvalue weighted by Gasteiger charge is -2.23. The number of rotatable bonds is 7. The zero-order chi connectivity index (χ0) is 23.9. The Balaban J connectivity index is 0.00000324. The Morgan fingerprint density at radius 3 is 2.50 bits per heavy atom. The average Bonchev–Trinajstić information content (AvgIpc) is 3.34. The summed E-state index contributed by atoms with van der Waals surface area (Å²) in [7, 11) is 0. The predicted molar refractivity (Wildman–Crippen MR) is 135 cm³/mol. The third-order valence-electron chi connectivity index (χ3n) is 6.02. The van der Waals surface area contributed by atoms with Gasteiger partial charge in [-0.1, -0.05) is 20.8 Å². The topological polar surface area (TPSA) is 71.9 Å². The highest BCUT2D eigenvalue weighted by Gasteiger charge is 2.34. The number of ketones is 1. The molecule has 8 heteroatoms. The summed E-state index contributed by atoms with van der Waals surface area (Å²) in [5.41, 5.74) is 3.27. The van der Waals surface area contributed by atoms with Crippen molar-refractivity contribution in [2.45, 2.75) is 53.0 Å². The van der Waals surface area contributed by atoms with Crippen LogP contribution in [0.4, 0.5) is 4.39 Å². The molecule has 2 aliphatic rings. The number of fused-ring (bicyclic) bond motifs is 2. The maximum Gasteiger partial charge on any atom is 0.197 e. The summed E-state index contributed by atoms with van der Waals surface area (Å²) in [5, 5.41) is 8.57. The highest BCUT2D eigenvalue weighted by molar-refractivity contribution is 8.93. The van der Waals surface area contributed by atoms with E-state index in [0.717, 1.165) is 23.3 Å². The van der Waals surface area contributed by atoms with Crippen molar-refractivity contribution in [2.75, 3.05) is 26.4 Å². The monoisotopic (exact) mass is 534 g/mol. The first-order chi connectivity index (χ1) is 15.7. The Hall–Kier alpha value is -2.61. The molecule has 0 unspecified atom stereocenters. The van der Waals surface area contributed by atoms with E-state index in [2.05, 4.69) is 20.8 Å². The molecule has 1 N–H and O–H groups in total. The molecule has 2 heterocycles. The van der Waals surface area contributed by atoms with Crippen LogP contribution < -0.4 is 14.2 Å². The van der Waals surface area contributed by atoms with Crippen molar-refractivity contribution in [1.29, 1.82) is 5.41 Å². The highest BCUT2D eigenvalue weighted by atomic mass is 79.9. The molecule has 4 rings (SSSR count). The highest BCUT2D eigenvalue weighted by Crippen LogP contribution is 2.40. The average molecular weight is 535 g/mol. The number of carbonyl (C=O) groups is 1. The number of benzene rings is 2. The number of amidine groups is 1. The van der Waals surface area contributed by atoms with Gasteiger partial charge in [-0.05, 0) is 48.6 Å². The van der Waals surface area contributed by atoms with Gasteiger partial charge in [-0.3, -0.25) is 10.2 Å². The largest absolute Gasteiger partial charge is 0.493 e. The Labute approximate surface area is 210 Å². The number of hydrogen-bond donors (Lipinski definition) is 1. The van der Waals surface area contributed by atoms with Crippen molar-refractivity contribution in [3.05, 3.63) is 51.8 Å². The smallest absolute Gasteiger partial charge is 0.197 e. The Kier molecular flexibility index (Phi) is 7.60. The van der Waals surface area contributed by atoms with Gasteiger partial charge in [0.1, 0.15) is 11.6 Å². The molecule has 0 saturated carbocycles. The number of carbonyl (C=O) groups excluding carboxylic acids is 1. The van der Waals surface area contributed by atoms with E-state index in [4.69, 9.17) is 19.6 Å². The van der Waals surface area contributed by atoms with E-state index < -0.39 is 5.82 Å². The molecule has 0 fully saturated rings. The van der Waals surface area contributed by atoms with Gasteiger partial charge in [0.05, 0.1) is 31.9 Å². The lowest BCUT2D eigenvalue weighted by Crippen LogP contribution is -2.30. The van der Waals surface area contributed by atoms with Crippen LogP contribution in [0.3, 0.4) is 0 Å². The molecule has 0 radical (unpaired) electrons. The van der Waals surface area contributed by atoms with Crippen LogP contribution in [0.25, 0.3) is 0 Å². The number of Topliss-reactive ketones (excluding diaryl/α,β-unsaturated/α-hetero) is 1. The SMILES string of the molecule is Br.CCOc1cc2c(c(F)c1OCC)C(=N)N(CC(=O)c1cc3c(c(C(C)(C)C)c1)OCC3)C2. The van der Waals surface area contributed by atoms with Crippen molar-refractivity contribution >= 4 is 28.6 Å². The summed E-state index contributed by atoms with van der Waals surface area (Å²) in [6.07, 6.45) is 0.774. The summed E-state index contributed by atoms with van der Waals surface area (Å²) in [4.78, 5) is 14.9. The predicted octanol–water partition coefficient (Wildman–Crippen LogP) is 5.46. The third-order valence-corrected chi connectivity index (χ3v) is 6.02. The van der Waals surface area contributed by atoms with Gasteiger partial charge in [-0.15, -0.1) is 17.0 Å². The van der Waals surface area contributed by atoms with Crippen LogP contribution in [0.1, 0.15) is 67.2 Å². The third kappa shape index (κ3) is 4.65. The molecule has 0 saturated heterocycles. The zero-order valence-corrected chi connectivity index (χ0v) is 22.1. The van der Waals surface area contributed by atoms with Crippen LogP contribution in [0, 0.1) is 11.2 Å². The molecule has 0 spiro atoms. The van der Waals surface area contributed by atoms with Crippen LogP contribution in [-0.2, 0) is 18.4 Å². The van der Waals surface area contributed by atoms with E-state index in [1.807, 2.05) is 19.1 Å². The summed E-state index contributed by atoms with van der Waals surface area (Å²) in [6.45, 7) is 11.4. The Morgan fingerprint density at radius 2 is 1.85 bits per heavy atom. The van der Waals surface area contributed by atoms with Gasteiger partial charge < -0.3 is 19.1 Å². The van der Waals surface area contributed by atoms with E-state index in [0.29, 0.717) is 30.1 Å². The first-order valence-electron chi connectivity index (χ1n) is 11.4. The van der Waals surface area contributed by atoms with E-state index in [1.54, 1.807) is 17.9 Å².